The monoisotopic (exact) mass is 218 g/mol. The third-order valence-electron chi connectivity index (χ3n) is 2.20. The van der Waals surface area contributed by atoms with Gasteiger partial charge in [0.15, 0.2) is 0 Å². The van der Waals surface area contributed by atoms with Gasteiger partial charge in [0.25, 0.3) is 0 Å². The van der Waals surface area contributed by atoms with E-state index in [9.17, 15) is 4.79 Å². The van der Waals surface area contributed by atoms with E-state index in [4.69, 9.17) is 0 Å². The number of rotatable bonds is 1. The number of nitrogens with zero attached hydrogens (tertiary/aromatic N) is 1. The minimum atomic E-state index is -0.0591. The first kappa shape index (κ1) is 12.4. The highest BCUT2D eigenvalue weighted by Gasteiger charge is 2.07. The Morgan fingerprint density at radius 2 is 1.94 bits per heavy atom. The maximum Gasteiger partial charge on any atom is 0.246 e. The fourth-order valence-electron chi connectivity index (χ4n) is 1.14. The van der Waals surface area contributed by atoms with Crippen molar-refractivity contribution in [1.29, 1.82) is 0 Å². The Labute approximate surface area is 96.6 Å². The van der Waals surface area contributed by atoms with E-state index in [0.29, 0.717) is 0 Å². The lowest BCUT2D eigenvalue weighted by molar-refractivity contribution is -0.114. The molecule has 1 N–H and O–H groups in total. The van der Waals surface area contributed by atoms with E-state index in [-0.39, 0.29) is 12.5 Å². The quantitative estimate of drug-likeness (QED) is 0.773. The number of fused-ring (bicyclic) bond motifs is 1. The van der Waals surface area contributed by atoms with E-state index in [1.807, 2.05) is 24.3 Å². The summed E-state index contributed by atoms with van der Waals surface area (Å²) in [6.07, 6.45) is 4.35. The first-order valence-corrected chi connectivity index (χ1v) is 5.66. The van der Waals surface area contributed by atoms with Crippen molar-refractivity contribution in [3.05, 3.63) is 29.8 Å². The Hall–Kier alpha value is -1.64. The molecule has 1 amide bonds. The molecule has 0 radical (unpaired) electrons. The first-order valence-electron chi connectivity index (χ1n) is 5.66. The van der Waals surface area contributed by atoms with Crippen molar-refractivity contribution in [1.82, 2.24) is 0 Å². The van der Waals surface area contributed by atoms with Crippen molar-refractivity contribution in [2.45, 2.75) is 26.7 Å². The van der Waals surface area contributed by atoms with Crippen LogP contribution in [0.3, 0.4) is 0 Å². The van der Waals surface area contributed by atoms with Crippen LogP contribution in [0.15, 0.2) is 29.3 Å². The molecule has 3 heteroatoms. The average molecular weight is 218 g/mol. The predicted molar refractivity (Wildman–Crippen MR) is 68.1 cm³/mol. The molecule has 0 aliphatic carbocycles. The maximum atomic E-state index is 11.0. The topological polar surface area (TPSA) is 41.5 Å². The second-order valence-corrected chi connectivity index (χ2v) is 3.61. The van der Waals surface area contributed by atoms with Crippen LogP contribution in [0.5, 0.6) is 0 Å². The van der Waals surface area contributed by atoms with Gasteiger partial charge in [0.2, 0.25) is 5.91 Å². The standard InChI is InChI=1S/C9H8N2O.C4H10/c12-9-6-10-5-7-3-1-2-4-8(7)11-9;1-3-4-2/h1-5H,6H2,(H,11,12);3-4H2,1-2H3. The largest absolute Gasteiger partial charge is 0.324 e. The highest BCUT2D eigenvalue weighted by molar-refractivity contribution is 6.01. The van der Waals surface area contributed by atoms with Crippen molar-refractivity contribution in [2.75, 3.05) is 11.9 Å². The summed E-state index contributed by atoms with van der Waals surface area (Å²) in [5.74, 6) is -0.0591. The summed E-state index contributed by atoms with van der Waals surface area (Å²) in [5, 5.41) is 2.76. The van der Waals surface area contributed by atoms with E-state index in [2.05, 4.69) is 24.2 Å². The molecule has 1 aliphatic heterocycles. The average Bonchev–Trinajstić information content (AvgIpc) is 2.50. The number of hydrogen-bond donors (Lipinski definition) is 1. The molecule has 1 aromatic carbocycles. The summed E-state index contributed by atoms with van der Waals surface area (Å²) in [4.78, 5) is 15.0. The molecular weight excluding hydrogens is 200 g/mol. The van der Waals surface area contributed by atoms with Crippen LogP contribution in [0.25, 0.3) is 0 Å². The molecule has 0 spiro atoms. The number of amides is 1. The SMILES string of the molecule is CCCC.O=C1CN=Cc2ccccc2N1. The van der Waals surface area contributed by atoms with Gasteiger partial charge >= 0.3 is 0 Å². The number of para-hydroxylation sites is 1. The molecule has 2 rings (SSSR count). The normalized spacial score (nSPS) is 13.0. The van der Waals surface area contributed by atoms with Gasteiger partial charge in [-0.25, -0.2) is 0 Å². The molecule has 0 bridgehead atoms. The van der Waals surface area contributed by atoms with E-state index in [1.165, 1.54) is 12.8 Å². The van der Waals surface area contributed by atoms with Crippen LogP contribution in [0, 0.1) is 0 Å². The molecule has 0 fully saturated rings. The van der Waals surface area contributed by atoms with Crippen LogP contribution in [0.4, 0.5) is 5.69 Å². The molecule has 3 nitrogen and oxygen atoms in total. The fraction of sp³-hybridized carbons (Fsp3) is 0.385. The molecule has 1 aromatic rings. The van der Waals surface area contributed by atoms with Crippen LogP contribution in [0.2, 0.25) is 0 Å². The highest BCUT2D eigenvalue weighted by atomic mass is 16.1. The lowest BCUT2D eigenvalue weighted by Crippen LogP contribution is -2.13. The van der Waals surface area contributed by atoms with Crippen LogP contribution in [-0.4, -0.2) is 18.7 Å². The van der Waals surface area contributed by atoms with Crippen molar-refractivity contribution < 1.29 is 4.79 Å². The zero-order valence-corrected chi connectivity index (χ0v) is 9.86. The molecular formula is C13H18N2O. The lowest BCUT2D eigenvalue weighted by Gasteiger charge is -2.02. The van der Waals surface area contributed by atoms with Gasteiger partial charge in [-0.3, -0.25) is 9.79 Å². The fourth-order valence-corrected chi connectivity index (χ4v) is 1.14. The summed E-state index contributed by atoms with van der Waals surface area (Å²) in [6, 6.07) is 7.59. The van der Waals surface area contributed by atoms with Gasteiger partial charge in [-0.05, 0) is 6.07 Å². The second-order valence-electron chi connectivity index (χ2n) is 3.61. The minimum Gasteiger partial charge on any atom is -0.324 e. The molecule has 0 atom stereocenters. The molecule has 0 saturated heterocycles. The summed E-state index contributed by atoms with van der Waals surface area (Å²) < 4.78 is 0. The van der Waals surface area contributed by atoms with E-state index < -0.39 is 0 Å². The zero-order chi connectivity index (χ0) is 11.8. The number of aliphatic imine (C=N–C) groups is 1. The predicted octanol–water partition coefficient (Wildman–Crippen LogP) is 2.86. The Bertz CT molecular complexity index is 370. The van der Waals surface area contributed by atoms with Gasteiger partial charge in [0, 0.05) is 17.5 Å². The molecule has 1 heterocycles. The summed E-state index contributed by atoms with van der Waals surface area (Å²) in [7, 11) is 0. The van der Waals surface area contributed by atoms with E-state index in [0.717, 1.165) is 11.3 Å². The smallest absolute Gasteiger partial charge is 0.246 e. The minimum absolute atomic E-state index is 0.0591. The van der Waals surface area contributed by atoms with E-state index >= 15 is 0 Å². The third-order valence-corrected chi connectivity index (χ3v) is 2.20. The summed E-state index contributed by atoms with van der Waals surface area (Å²) in [6.45, 7) is 4.58. The number of benzene rings is 1. The Morgan fingerprint density at radius 1 is 1.25 bits per heavy atom. The van der Waals surface area contributed by atoms with Crippen molar-refractivity contribution in [2.24, 2.45) is 4.99 Å². The summed E-state index contributed by atoms with van der Waals surface area (Å²) in [5.41, 5.74) is 1.80. The molecule has 0 saturated carbocycles. The molecule has 16 heavy (non-hydrogen) atoms. The number of benzodiazepines with no additional fused rings is 1. The number of unbranched alkanes of at least 4 members (excludes halogenated alkanes) is 1. The Kier molecular flexibility index (Phi) is 5.26. The molecule has 0 unspecified atom stereocenters. The zero-order valence-electron chi connectivity index (χ0n) is 9.86. The Balaban J connectivity index is 0.000000280. The maximum absolute atomic E-state index is 11.0. The van der Waals surface area contributed by atoms with Gasteiger partial charge < -0.3 is 5.32 Å². The molecule has 86 valence electrons. The number of carbonyl (C=O) groups is 1. The third kappa shape index (κ3) is 3.85. The van der Waals surface area contributed by atoms with E-state index in [1.54, 1.807) is 6.21 Å². The van der Waals surface area contributed by atoms with Crippen LogP contribution < -0.4 is 5.32 Å². The number of carbonyl (C=O) groups excluding carboxylic acids is 1. The Morgan fingerprint density at radius 3 is 2.62 bits per heavy atom. The lowest BCUT2D eigenvalue weighted by atomic mass is 10.2. The van der Waals surface area contributed by atoms with Crippen molar-refractivity contribution in [3.8, 4) is 0 Å². The number of nitrogens with one attached hydrogen (secondary N) is 1. The first-order chi connectivity index (χ1) is 7.77. The van der Waals surface area contributed by atoms with Gasteiger partial charge in [-0.1, -0.05) is 44.9 Å². The molecule has 0 aromatic heterocycles. The second kappa shape index (κ2) is 6.77. The van der Waals surface area contributed by atoms with Crippen molar-refractivity contribution in [3.63, 3.8) is 0 Å². The number of anilines is 1. The number of hydrogen-bond acceptors (Lipinski definition) is 2. The van der Waals surface area contributed by atoms with Crippen molar-refractivity contribution >= 4 is 17.8 Å². The van der Waals surface area contributed by atoms with Crippen LogP contribution in [0.1, 0.15) is 32.3 Å². The van der Waals surface area contributed by atoms with Gasteiger partial charge in [0.1, 0.15) is 6.54 Å². The highest BCUT2D eigenvalue weighted by Crippen LogP contribution is 2.14. The van der Waals surface area contributed by atoms with Crippen LogP contribution in [-0.2, 0) is 4.79 Å². The van der Waals surface area contributed by atoms with Gasteiger partial charge in [0.05, 0.1) is 0 Å². The van der Waals surface area contributed by atoms with Gasteiger partial charge in [-0.15, -0.1) is 0 Å². The molecule has 1 aliphatic rings. The van der Waals surface area contributed by atoms with Crippen LogP contribution >= 0.6 is 0 Å². The van der Waals surface area contributed by atoms with Gasteiger partial charge in [-0.2, -0.15) is 0 Å². The summed E-state index contributed by atoms with van der Waals surface area (Å²) >= 11 is 0.